The molecule has 2 saturated heterocycles. The Labute approximate surface area is 232 Å². The molecular weight excluding hydrogens is 526 g/mol. The van der Waals surface area contributed by atoms with Crippen LogP contribution in [0.2, 0.25) is 0 Å². The van der Waals surface area contributed by atoms with Gasteiger partial charge in [0.15, 0.2) is 0 Å². The lowest BCUT2D eigenvalue weighted by Gasteiger charge is -2.19. The SMILES string of the molecule is COCC1OC(n2cc(C)c(=O)[nH]c2=O)C(C)C1OC.COCC1OC(n2cc(C)c(N)nc2=O)C(C)C1OC. The second-order valence-electron chi connectivity index (χ2n) is 10.1. The highest BCUT2D eigenvalue weighted by Gasteiger charge is 2.44. The number of ether oxygens (including phenoxy) is 6. The minimum atomic E-state index is -0.483. The summed E-state index contributed by atoms with van der Waals surface area (Å²) in [5, 5.41) is 0. The van der Waals surface area contributed by atoms with Crippen molar-refractivity contribution in [3.05, 3.63) is 54.8 Å². The van der Waals surface area contributed by atoms with Gasteiger partial charge in [-0.15, -0.1) is 0 Å². The molecule has 14 nitrogen and oxygen atoms in total. The molecule has 4 rings (SSSR count). The standard InChI is InChI=1S/C13H21N3O4.C13H20N2O5/c1-7-5-16(13(17)15-11(7)14)12-8(2)10(19-4)9(20-12)6-18-3;1-7-5-15(13(17)14-11(7)16)12-8(2)10(19-4)9(20-12)6-18-3/h5,8-10,12H,6H2,1-4H3,(H2,14,15,17);5,8-10,12H,6H2,1-4H3,(H,14,16,17). The van der Waals surface area contributed by atoms with Crippen LogP contribution in [0.4, 0.5) is 5.82 Å². The first-order valence-corrected chi connectivity index (χ1v) is 13.0. The molecule has 14 heteroatoms. The van der Waals surface area contributed by atoms with Gasteiger partial charge in [-0.25, -0.2) is 9.59 Å². The highest BCUT2D eigenvalue weighted by Crippen LogP contribution is 2.36. The van der Waals surface area contributed by atoms with E-state index in [9.17, 15) is 14.4 Å². The molecule has 2 aromatic heterocycles. The van der Waals surface area contributed by atoms with Crippen molar-refractivity contribution in [1.29, 1.82) is 0 Å². The summed E-state index contributed by atoms with van der Waals surface area (Å²) in [7, 11) is 6.43. The van der Waals surface area contributed by atoms with Crippen LogP contribution < -0.4 is 22.7 Å². The molecule has 40 heavy (non-hydrogen) atoms. The summed E-state index contributed by atoms with van der Waals surface area (Å²) < 4.78 is 35.8. The number of aromatic nitrogens is 4. The quantitative estimate of drug-likeness (QED) is 0.451. The molecule has 2 aliphatic rings. The van der Waals surface area contributed by atoms with E-state index in [4.69, 9.17) is 34.2 Å². The zero-order valence-corrected chi connectivity index (χ0v) is 24.3. The summed E-state index contributed by atoms with van der Waals surface area (Å²) in [4.78, 5) is 41.5. The van der Waals surface area contributed by atoms with Crippen molar-refractivity contribution in [1.82, 2.24) is 19.1 Å². The van der Waals surface area contributed by atoms with Gasteiger partial charge >= 0.3 is 11.4 Å². The number of H-pyrrole nitrogens is 1. The summed E-state index contributed by atoms with van der Waals surface area (Å²) in [6.45, 7) is 8.17. The Morgan fingerprint density at radius 2 is 1.32 bits per heavy atom. The fourth-order valence-corrected chi connectivity index (χ4v) is 5.27. The van der Waals surface area contributed by atoms with Gasteiger partial charge in [-0.05, 0) is 13.8 Å². The van der Waals surface area contributed by atoms with Gasteiger partial charge in [0.05, 0.1) is 25.4 Å². The van der Waals surface area contributed by atoms with E-state index in [1.807, 2.05) is 13.8 Å². The zero-order chi connectivity index (χ0) is 29.7. The highest BCUT2D eigenvalue weighted by atomic mass is 16.6. The number of nitrogens with two attached hydrogens (primary N) is 1. The van der Waals surface area contributed by atoms with Crippen molar-refractivity contribution < 1.29 is 28.4 Å². The molecule has 0 aromatic carbocycles. The number of aryl methyl sites for hydroxylation is 2. The molecule has 0 bridgehead atoms. The third kappa shape index (κ3) is 6.53. The Morgan fingerprint density at radius 3 is 1.80 bits per heavy atom. The zero-order valence-electron chi connectivity index (χ0n) is 24.3. The van der Waals surface area contributed by atoms with Crippen molar-refractivity contribution in [3.8, 4) is 0 Å². The fraction of sp³-hybridized carbons (Fsp3) is 0.692. The minimum absolute atomic E-state index is 0.00248. The maximum Gasteiger partial charge on any atom is 0.351 e. The van der Waals surface area contributed by atoms with Crippen LogP contribution >= 0.6 is 0 Å². The second-order valence-corrected chi connectivity index (χ2v) is 10.1. The van der Waals surface area contributed by atoms with Crippen LogP contribution in [-0.4, -0.2) is 85.2 Å². The molecule has 0 aliphatic carbocycles. The van der Waals surface area contributed by atoms with Gasteiger partial charge < -0.3 is 34.2 Å². The number of nitrogens with one attached hydrogen (secondary N) is 1. The molecule has 3 N–H and O–H groups in total. The lowest BCUT2D eigenvalue weighted by molar-refractivity contribution is -0.0622. The number of nitrogens with zero attached hydrogens (tertiary/aromatic N) is 3. The van der Waals surface area contributed by atoms with Crippen LogP contribution in [-0.2, 0) is 28.4 Å². The van der Waals surface area contributed by atoms with Gasteiger partial charge in [0.2, 0.25) is 0 Å². The molecule has 224 valence electrons. The summed E-state index contributed by atoms with van der Waals surface area (Å²) in [6, 6.07) is 0. The maximum atomic E-state index is 12.0. The molecule has 0 radical (unpaired) electrons. The summed E-state index contributed by atoms with van der Waals surface area (Å²) in [5.74, 6) is 0.208. The van der Waals surface area contributed by atoms with Crippen LogP contribution in [0.5, 0.6) is 0 Å². The van der Waals surface area contributed by atoms with Crippen LogP contribution in [0.1, 0.15) is 37.4 Å². The molecule has 2 aromatic rings. The molecule has 0 spiro atoms. The number of methoxy groups -OCH3 is 4. The molecular formula is C26H41N5O9. The Kier molecular flexibility index (Phi) is 10.8. The Morgan fingerprint density at radius 1 is 0.850 bits per heavy atom. The van der Waals surface area contributed by atoms with E-state index < -0.39 is 23.8 Å². The molecule has 2 fully saturated rings. The number of aromatic amines is 1. The monoisotopic (exact) mass is 567 g/mol. The molecule has 0 amide bonds. The van der Waals surface area contributed by atoms with E-state index in [0.717, 1.165) is 5.56 Å². The Balaban J connectivity index is 0.000000220. The first-order valence-electron chi connectivity index (χ1n) is 13.0. The van der Waals surface area contributed by atoms with Gasteiger partial charge in [0, 0.05) is 63.8 Å². The van der Waals surface area contributed by atoms with E-state index in [1.54, 1.807) is 48.5 Å². The topological polar surface area (TPSA) is 171 Å². The summed E-state index contributed by atoms with van der Waals surface area (Å²) in [5.41, 5.74) is 5.56. The average Bonchev–Trinajstić information content (AvgIpc) is 3.39. The van der Waals surface area contributed by atoms with Crippen LogP contribution in [0.15, 0.2) is 26.8 Å². The molecule has 4 heterocycles. The predicted octanol–water partition coefficient (Wildman–Crippen LogP) is 0.369. The van der Waals surface area contributed by atoms with Crippen molar-refractivity contribution >= 4 is 5.82 Å². The van der Waals surface area contributed by atoms with E-state index in [1.165, 1.54) is 15.3 Å². The van der Waals surface area contributed by atoms with Crippen molar-refractivity contribution in [2.45, 2.75) is 64.6 Å². The molecule has 8 unspecified atom stereocenters. The van der Waals surface area contributed by atoms with Gasteiger partial charge in [-0.1, -0.05) is 13.8 Å². The summed E-state index contributed by atoms with van der Waals surface area (Å²) >= 11 is 0. The lowest BCUT2D eigenvalue weighted by atomic mass is 10.0. The second kappa shape index (κ2) is 13.7. The number of nitrogen functional groups attached to an aromatic ring is 1. The first-order chi connectivity index (χ1) is 19.0. The maximum absolute atomic E-state index is 12.0. The fourth-order valence-electron chi connectivity index (χ4n) is 5.27. The van der Waals surface area contributed by atoms with Gasteiger partial charge in [0.1, 0.15) is 30.5 Å². The van der Waals surface area contributed by atoms with E-state index >= 15 is 0 Å². The van der Waals surface area contributed by atoms with Crippen LogP contribution in [0.25, 0.3) is 0 Å². The average molecular weight is 568 g/mol. The number of anilines is 1. The van der Waals surface area contributed by atoms with E-state index in [2.05, 4.69) is 9.97 Å². The number of hydrogen-bond donors (Lipinski definition) is 2. The third-order valence-corrected chi connectivity index (χ3v) is 7.37. The molecule has 0 saturated carbocycles. The van der Waals surface area contributed by atoms with Crippen molar-refractivity contribution in [2.75, 3.05) is 47.4 Å². The number of rotatable bonds is 8. The third-order valence-electron chi connectivity index (χ3n) is 7.37. The van der Waals surface area contributed by atoms with Crippen LogP contribution in [0, 0.1) is 25.7 Å². The smallest absolute Gasteiger partial charge is 0.351 e. The Hall–Kier alpha value is -2.88. The van der Waals surface area contributed by atoms with E-state index in [0.29, 0.717) is 18.8 Å². The van der Waals surface area contributed by atoms with Gasteiger partial charge in [-0.3, -0.25) is 18.9 Å². The summed E-state index contributed by atoms with van der Waals surface area (Å²) in [6.07, 6.45) is 1.52. The van der Waals surface area contributed by atoms with E-state index in [-0.39, 0.29) is 47.6 Å². The van der Waals surface area contributed by atoms with Crippen LogP contribution in [0.3, 0.4) is 0 Å². The molecule has 8 atom stereocenters. The Bertz CT molecular complexity index is 1310. The first kappa shape index (κ1) is 31.6. The largest absolute Gasteiger partial charge is 0.383 e. The normalized spacial score (nSPS) is 29.8. The molecule has 2 aliphatic heterocycles. The minimum Gasteiger partial charge on any atom is -0.383 e. The van der Waals surface area contributed by atoms with Gasteiger partial charge in [0.25, 0.3) is 5.56 Å². The predicted molar refractivity (Wildman–Crippen MR) is 145 cm³/mol. The van der Waals surface area contributed by atoms with Crippen molar-refractivity contribution in [3.63, 3.8) is 0 Å². The lowest BCUT2D eigenvalue weighted by Crippen LogP contribution is -2.35. The van der Waals surface area contributed by atoms with Crippen molar-refractivity contribution in [2.24, 2.45) is 11.8 Å². The van der Waals surface area contributed by atoms with Gasteiger partial charge in [-0.2, -0.15) is 4.98 Å². The highest BCUT2D eigenvalue weighted by molar-refractivity contribution is 5.35. The number of hydrogen-bond acceptors (Lipinski definition) is 11.